The van der Waals surface area contributed by atoms with Gasteiger partial charge in [-0.1, -0.05) is 253 Å². The standard InChI is InChI=1S/C63H106O6/c1-4-7-10-13-16-19-22-25-28-30-31-33-35-38-41-44-47-50-53-56-62(65)68-59-60(58-67-61(64)55-52-49-46-43-40-37-34-27-24-21-18-15-12-9-6-3)69-63(66)57-54-51-48-45-42-39-36-32-29-26-23-20-17-14-11-8-5-2/h8,11,14,17,20-21,23-24,26,29-32,36,39,42,60H,4-7,9-10,12-13,15-16,18-19,22,25,27-28,33-35,37-38,40-41,43-59H2,1-3H3/b11-8-,17-14-,23-20-,24-21-,29-26-,31-30-,36-32+,42-39-. The minimum atomic E-state index is -0.806. The maximum Gasteiger partial charge on any atom is 0.306 e. The molecule has 6 nitrogen and oxygen atoms in total. The van der Waals surface area contributed by atoms with Crippen molar-refractivity contribution in [1.29, 1.82) is 0 Å². The van der Waals surface area contributed by atoms with E-state index in [2.05, 4.69) is 57.2 Å². The molecule has 69 heavy (non-hydrogen) atoms. The minimum Gasteiger partial charge on any atom is -0.462 e. The molecule has 0 aromatic carbocycles. The maximum atomic E-state index is 12.8. The van der Waals surface area contributed by atoms with Crippen LogP contribution in [0.4, 0.5) is 0 Å². The molecule has 0 saturated carbocycles. The highest BCUT2D eigenvalue weighted by Gasteiger charge is 2.19. The Labute approximate surface area is 426 Å². The summed E-state index contributed by atoms with van der Waals surface area (Å²) in [6.45, 7) is 6.45. The van der Waals surface area contributed by atoms with Gasteiger partial charge < -0.3 is 14.2 Å². The molecule has 0 radical (unpaired) electrons. The van der Waals surface area contributed by atoms with Crippen molar-refractivity contribution in [1.82, 2.24) is 0 Å². The molecule has 6 heteroatoms. The van der Waals surface area contributed by atoms with Gasteiger partial charge in [0.1, 0.15) is 13.2 Å². The van der Waals surface area contributed by atoms with Crippen LogP contribution in [0.3, 0.4) is 0 Å². The summed E-state index contributed by atoms with van der Waals surface area (Å²) in [7, 11) is 0. The number of ether oxygens (including phenoxy) is 3. The summed E-state index contributed by atoms with van der Waals surface area (Å²) < 4.78 is 16.8. The van der Waals surface area contributed by atoms with Crippen molar-refractivity contribution in [3.63, 3.8) is 0 Å². The molecule has 0 aromatic rings. The average molecular weight is 960 g/mol. The molecule has 0 spiro atoms. The predicted molar refractivity (Wildman–Crippen MR) is 297 cm³/mol. The van der Waals surface area contributed by atoms with E-state index in [1.165, 1.54) is 154 Å². The third-order valence-electron chi connectivity index (χ3n) is 12.2. The summed E-state index contributed by atoms with van der Waals surface area (Å²) in [6, 6.07) is 0. The van der Waals surface area contributed by atoms with Crippen molar-refractivity contribution >= 4 is 17.9 Å². The van der Waals surface area contributed by atoms with Gasteiger partial charge in [-0.15, -0.1) is 0 Å². The lowest BCUT2D eigenvalue weighted by atomic mass is 10.1. The molecule has 0 saturated heterocycles. The molecule has 0 heterocycles. The SMILES string of the molecule is CC\C=C/C=C\C=C/C=C\C=C\C=C/CCCCCC(=O)OC(COC(=O)CCCCCCCCC/C=C\CCCCCC)COC(=O)CCCCCCCCC/C=C\CCCCCCCCCC. The highest BCUT2D eigenvalue weighted by molar-refractivity contribution is 5.71. The highest BCUT2D eigenvalue weighted by atomic mass is 16.6. The Morgan fingerprint density at radius 3 is 0.957 bits per heavy atom. The lowest BCUT2D eigenvalue weighted by Crippen LogP contribution is -2.30. The number of carbonyl (C=O) groups excluding carboxylic acids is 3. The zero-order chi connectivity index (χ0) is 50.0. The molecule has 394 valence electrons. The Balaban J connectivity index is 4.47. The fourth-order valence-corrected chi connectivity index (χ4v) is 7.88. The van der Waals surface area contributed by atoms with Crippen LogP contribution in [0.25, 0.3) is 0 Å². The van der Waals surface area contributed by atoms with Crippen LogP contribution >= 0.6 is 0 Å². The van der Waals surface area contributed by atoms with Gasteiger partial charge in [0, 0.05) is 19.3 Å². The van der Waals surface area contributed by atoms with E-state index in [1.54, 1.807) is 0 Å². The fourth-order valence-electron chi connectivity index (χ4n) is 7.88. The molecule has 0 fully saturated rings. The van der Waals surface area contributed by atoms with Gasteiger partial charge in [0.2, 0.25) is 0 Å². The van der Waals surface area contributed by atoms with Crippen LogP contribution in [0.5, 0.6) is 0 Å². The van der Waals surface area contributed by atoms with E-state index in [9.17, 15) is 14.4 Å². The van der Waals surface area contributed by atoms with Gasteiger partial charge in [-0.25, -0.2) is 0 Å². The summed E-state index contributed by atoms with van der Waals surface area (Å²) in [4.78, 5) is 38.2. The van der Waals surface area contributed by atoms with E-state index in [-0.39, 0.29) is 37.5 Å². The molecular formula is C63H106O6. The van der Waals surface area contributed by atoms with Crippen LogP contribution < -0.4 is 0 Å². The summed E-state index contributed by atoms with van der Waals surface area (Å²) in [5.41, 5.74) is 0. The third-order valence-corrected chi connectivity index (χ3v) is 12.2. The molecule has 0 rings (SSSR count). The number of carbonyl (C=O) groups is 3. The van der Waals surface area contributed by atoms with Crippen LogP contribution in [-0.2, 0) is 28.6 Å². The van der Waals surface area contributed by atoms with Gasteiger partial charge in [-0.3, -0.25) is 14.4 Å². The van der Waals surface area contributed by atoms with Gasteiger partial charge in [-0.2, -0.15) is 0 Å². The van der Waals surface area contributed by atoms with Gasteiger partial charge in [0.05, 0.1) is 0 Å². The van der Waals surface area contributed by atoms with Crippen LogP contribution in [0.15, 0.2) is 97.2 Å². The molecule has 0 aliphatic rings. The molecule has 0 aromatic heterocycles. The third kappa shape index (κ3) is 55.1. The van der Waals surface area contributed by atoms with Gasteiger partial charge in [0.25, 0.3) is 0 Å². The monoisotopic (exact) mass is 959 g/mol. The van der Waals surface area contributed by atoms with Crippen molar-refractivity contribution in [3.8, 4) is 0 Å². The Kier molecular flexibility index (Phi) is 53.9. The molecule has 0 aliphatic carbocycles. The maximum absolute atomic E-state index is 12.8. The van der Waals surface area contributed by atoms with E-state index in [4.69, 9.17) is 14.2 Å². The van der Waals surface area contributed by atoms with Crippen LogP contribution in [0.2, 0.25) is 0 Å². The lowest BCUT2D eigenvalue weighted by Gasteiger charge is -2.18. The number of rotatable bonds is 51. The Morgan fingerprint density at radius 2 is 0.580 bits per heavy atom. The minimum absolute atomic E-state index is 0.0995. The first-order chi connectivity index (χ1) is 34.0. The molecule has 1 unspecified atom stereocenters. The first-order valence-corrected chi connectivity index (χ1v) is 28.8. The van der Waals surface area contributed by atoms with Crippen molar-refractivity contribution in [2.24, 2.45) is 0 Å². The summed E-state index contributed by atoms with van der Waals surface area (Å²) in [6.07, 6.45) is 75.3. The van der Waals surface area contributed by atoms with Gasteiger partial charge in [-0.05, 0) is 89.9 Å². The second-order valence-electron chi connectivity index (χ2n) is 19.0. The molecule has 0 aliphatic heterocycles. The predicted octanol–water partition coefficient (Wildman–Crippen LogP) is 19.3. The molecular weight excluding hydrogens is 853 g/mol. The normalized spacial score (nSPS) is 12.8. The quantitative estimate of drug-likeness (QED) is 0.0199. The Hall–Kier alpha value is -3.67. The first kappa shape index (κ1) is 65.3. The fraction of sp³-hybridized carbons (Fsp3) is 0.698. The van der Waals surface area contributed by atoms with Gasteiger partial charge in [0.15, 0.2) is 6.10 Å². The van der Waals surface area contributed by atoms with Crippen LogP contribution in [-0.4, -0.2) is 37.2 Å². The number of esters is 3. The topological polar surface area (TPSA) is 78.9 Å². The smallest absolute Gasteiger partial charge is 0.306 e. The van der Waals surface area contributed by atoms with Crippen LogP contribution in [0, 0.1) is 0 Å². The highest BCUT2D eigenvalue weighted by Crippen LogP contribution is 2.15. The van der Waals surface area contributed by atoms with Crippen molar-refractivity contribution in [2.75, 3.05) is 13.2 Å². The summed E-state index contributed by atoms with van der Waals surface area (Å²) >= 11 is 0. The van der Waals surface area contributed by atoms with Crippen molar-refractivity contribution < 1.29 is 28.6 Å². The number of hydrogen-bond acceptors (Lipinski definition) is 6. The van der Waals surface area contributed by atoms with E-state index < -0.39 is 6.10 Å². The van der Waals surface area contributed by atoms with Crippen LogP contribution in [0.1, 0.15) is 265 Å². The molecule has 1 atom stereocenters. The van der Waals surface area contributed by atoms with Gasteiger partial charge >= 0.3 is 17.9 Å². The second kappa shape index (κ2) is 56.9. The van der Waals surface area contributed by atoms with E-state index in [1.807, 2.05) is 60.8 Å². The van der Waals surface area contributed by atoms with E-state index in [0.717, 1.165) is 64.2 Å². The molecule has 0 bridgehead atoms. The number of hydrogen-bond donors (Lipinski definition) is 0. The lowest BCUT2D eigenvalue weighted by molar-refractivity contribution is -0.167. The zero-order valence-corrected chi connectivity index (χ0v) is 45.0. The Bertz CT molecular complexity index is 1380. The summed E-state index contributed by atoms with van der Waals surface area (Å²) in [5, 5.41) is 0. The molecule has 0 amide bonds. The first-order valence-electron chi connectivity index (χ1n) is 28.8. The van der Waals surface area contributed by atoms with Crippen molar-refractivity contribution in [2.45, 2.75) is 271 Å². The summed E-state index contributed by atoms with van der Waals surface area (Å²) in [5.74, 6) is -0.948. The number of unbranched alkanes of at least 4 members (excludes halogenated alkanes) is 29. The average Bonchev–Trinajstić information content (AvgIpc) is 3.35. The van der Waals surface area contributed by atoms with E-state index in [0.29, 0.717) is 19.3 Å². The Morgan fingerprint density at radius 1 is 0.304 bits per heavy atom. The van der Waals surface area contributed by atoms with E-state index >= 15 is 0 Å². The second-order valence-corrected chi connectivity index (χ2v) is 19.0. The number of allylic oxidation sites excluding steroid dienone is 16. The zero-order valence-electron chi connectivity index (χ0n) is 45.0. The largest absolute Gasteiger partial charge is 0.462 e. The molecule has 0 N–H and O–H groups in total. The van der Waals surface area contributed by atoms with Crippen molar-refractivity contribution in [3.05, 3.63) is 97.2 Å².